The van der Waals surface area contributed by atoms with Crippen LogP contribution in [0.2, 0.25) is 0 Å². The van der Waals surface area contributed by atoms with E-state index in [9.17, 15) is 14.4 Å². The fourth-order valence-corrected chi connectivity index (χ4v) is 3.83. The number of ether oxygens (including phenoxy) is 2. The summed E-state index contributed by atoms with van der Waals surface area (Å²) in [6.45, 7) is 6.09. The third-order valence-electron chi connectivity index (χ3n) is 4.76. The summed E-state index contributed by atoms with van der Waals surface area (Å²) in [5.41, 5.74) is 0.793. The SMILES string of the molecule is CC[C@H](C)N1C(=O)S/C(=C/c2ccc(OCC(=O)N3CCOCC3)cc2)C1=O. The van der Waals surface area contributed by atoms with Gasteiger partial charge >= 0.3 is 0 Å². The zero-order chi connectivity index (χ0) is 20.1. The molecule has 3 rings (SSSR count). The molecule has 0 aromatic heterocycles. The fraction of sp³-hybridized carbons (Fsp3) is 0.450. The van der Waals surface area contributed by atoms with Gasteiger partial charge in [0.25, 0.3) is 17.1 Å². The van der Waals surface area contributed by atoms with Crippen molar-refractivity contribution in [3.8, 4) is 5.75 Å². The molecule has 28 heavy (non-hydrogen) atoms. The van der Waals surface area contributed by atoms with Crippen molar-refractivity contribution in [2.75, 3.05) is 32.9 Å². The molecule has 0 bridgehead atoms. The average molecular weight is 404 g/mol. The number of hydrogen-bond acceptors (Lipinski definition) is 6. The van der Waals surface area contributed by atoms with Gasteiger partial charge in [-0.1, -0.05) is 19.1 Å². The van der Waals surface area contributed by atoms with Crippen LogP contribution in [0.5, 0.6) is 5.75 Å². The van der Waals surface area contributed by atoms with Crippen LogP contribution in [-0.4, -0.2) is 65.8 Å². The summed E-state index contributed by atoms with van der Waals surface area (Å²) >= 11 is 0.961. The smallest absolute Gasteiger partial charge is 0.293 e. The van der Waals surface area contributed by atoms with Crippen LogP contribution < -0.4 is 4.74 Å². The molecule has 2 aliphatic rings. The normalized spacial score (nSPS) is 20.0. The van der Waals surface area contributed by atoms with E-state index < -0.39 is 0 Å². The third-order valence-corrected chi connectivity index (χ3v) is 5.64. The van der Waals surface area contributed by atoms with Crippen LogP contribution in [0.3, 0.4) is 0 Å². The highest BCUT2D eigenvalue weighted by molar-refractivity contribution is 8.18. The Morgan fingerprint density at radius 3 is 2.57 bits per heavy atom. The number of carbonyl (C=O) groups is 3. The summed E-state index contributed by atoms with van der Waals surface area (Å²) in [6.07, 6.45) is 2.43. The summed E-state index contributed by atoms with van der Waals surface area (Å²) in [5, 5.41) is -0.229. The zero-order valence-electron chi connectivity index (χ0n) is 16.1. The van der Waals surface area contributed by atoms with Gasteiger partial charge in [-0.3, -0.25) is 19.3 Å². The molecule has 0 radical (unpaired) electrons. The molecular weight excluding hydrogens is 380 g/mol. The lowest BCUT2D eigenvalue weighted by Gasteiger charge is -2.26. The van der Waals surface area contributed by atoms with E-state index in [1.165, 1.54) is 4.90 Å². The lowest BCUT2D eigenvalue weighted by atomic mass is 10.2. The molecule has 0 N–H and O–H groups in total. The number of nitrogens with zero attached hydrogens (tertiary/aromatic N) is 2. The lowest BCUT2D eigenvalue weighted by molar-refractivity contribution is -0.137. The highest BCUT2D eigenvalue weighted by Gasteiger charge is 2.37. The Labute approximate surface area is 168 Å². The van der Waals surface area contributed by atoms with Crippen molar-refractivity contribution in [1.29, 1.82) is 0 Å². The molecule has 150 valence electrons. The quantitative estimate of drug-likeness (QED) is 0.679. The van der Waals surface area contributed by atoms with Crippen molar-refractivity contribution in [3.63, 3.8) is 0 Å². The van der Waals surface area contributed by atoms with E-state index in [2.05, 4.69) is 0 Å². The van der Waals surface area contributed by atoms with Gasteiger partial charge in [-0.15, -0.1) is 0 Å². The first-order chi connectivity index (χ1) is 13.5. The van der Waals surface area contributed by atoms with E-state index in [1.807, 2.05) is 13.8 Å². The number of carbonyl (C=O) groups excluding carboxylic acids is 3. The molecule has 0 aliphatic carbocycles. The van der Waals surface area contributed by atoms with Crippen LogP contribution in [-0.2, 0) is 14.3 Å². The number of amides is 3. The molecule has 7 nitrogen and oxygen atoms in total. The van der Waals surface area contributed by atoms with Crippen LogP contribution in [0.4, 0.5) is 4.79 Å². The van der Waals surface area contributed by atoms with E-state index in [0.29, 0.717) is 37.0 Å². The Kier molecular flexibility index (Phi) is 6.74. The summed E-state index contributed by atoms with van der Waals surface area (Å²) < 4.78 is 10.8. The maximum Gasteiger partial charge on any atom is 0.293 e. The second kappa shape index (κ2) is 9.25. The van der Waals surface area contributed by atoms with Gasteiger partial charge in [-0.2, -0.15) is 0 Å². The molecule has 8 heteroatoms. The van der Waals surface area contributed by atoms with Crippen LogP contribution in [0.1, 0.15) is 25.8 Å². The Morgan fingerprint density at radius 1 is 1.25 bits per heavy atom. The third kappa shape index (κ3) is 4.74. The van der Waals surface area contributed by atoms with Crippen molar-refractivity contribution in [2.24, 2.45) is 0 Å². The molecule has 0 unspecified atom stereocenters. The van der Waals surface area contributed by atoms with Gasteiger partial charge < -0.3 is 14.4 Å². The number of benzene rings is 1. The Balaban J connectivity index is 1.58. The lowest BCUT2D eigenvalue weighted by Crippen LogP contribution is -2.42. The first-order valence-electron chi connectivity index (χ1n) is 9.35. The van der Waals surface area contributed by atoms with Crippen molar-refractivity contribution in [1.82, 2.24) is 9.80 Å². The predicted molar refractivity (Wildman–Crippen MR) is 107 cm³/mol. The molecule has 1 aromatic carbocycles. The van der Waals surface area contributed by atoms with Gasteiger partial charge in [0, 0.05) is 19.1 Å². The number of imide groups is 1. The van der Waals surface area contributed by atoms with Crippen LogP contribution in [0, 0.1) is 0 Å². The van der Waals surface area contributed by atoms with E-state index in [4.69, 9.17) is 9.47 Å². The van der Waals surface area contributed by atoms with Crippen molar-refractivity contribution < 1.29 is 23.9 Å². The van der Waals surface area contributed by atoms with Gasteiger partial charge in [0.05, 0.1) is 18.1 Å². The molecule has 0 saturated carbocycles. The number of rotatable bonds is 6. The Bertz CT molecular complexity index is 771. The standard InChI is InChI=1S/C20H24N2O5S/c1-3-14(2)22-19(24)17(28-20(22)25)12-15-4-6-16(7-5-15)27-13-18(23)21-8-10-26-11-9-21/h4-7,12,14H,3,8-11,13H2,1-2H3/b17-12+/t14-/m0/s1. The van der Waals surface area contributed by atoms with Gasteiger partial charge in [-0.25, -0.2) is 0 Å². The molecule has 1 atom stereocenters. The van der Waals surface area contributed by atoms with Crippen LogP contribution in [0.25, 0.3) is 6.08 Å². The molecule has 2 saturated heterocycles. The summed E-state index contributed by atoms with van der Waals surface area (Å²) in [5.74, 6) is 0.262. The highest BCUT2D eigenvalue weighted by atomic mass is 32.2. The van der Waals surface area contributed by atoms with Gasteiger partial charge in [0.1, 0.15) is 5.75 Å². The van der Waals surface area contributed by atoms with Crippen LogP contribution >= 0.6 is 11.8 Å². The van der Waals surface area contributed by atoms with Crippen molar-refractivity contribution in [2.45, 2.75) is 26.3 Å². The monoisotopic (exact) mass is 404 g/mol. The van der Waals surface area contributed by atoms with E-state index in [1.54, 1.807) is 35.2 Å². The average Bonchev–Trinajstić information content (AvgIpc) is 3.00. The molecular formula is C20H24N2O5S. The van der Waals surface area contributed by atoms with Crippen LogP contribution in [0.15, 0.2) is 29.2 Å². The molecule has 2 heterocycles. The zero-order valence-corrected chi connectivity index (χ0v) is 16.9. The fourth-order valence-electron chi connectivity index (χ4n) is 2.90. The number of thioether (sulfide) groups is 1. The maximum absolute atomic E-state index is 12.5. The first-order valence-corrected chi connectivity index (χ1v) is 10.2. The minimum absolute atomic E-state index is 0.0207. The Morgan fingerprint density at radius 2 is 1.93 bits per heavy atom. The van der Waals surface area contributed by atoms with E-state index in [0.717, 1.165) is 23.7 Å². The minimum atomic E-state index is -0.249. The van der Waals surface area contributed by atoms with Gasteiger partial charge in [-0.05, 0) is 48.9 Å². The molecule has 3 amide bonds. The number of hydrogen-bond donors (Lipinski definition) is 0. The van der Waals surface area contributed by atoms with E-state index in [-0.39, 0.29) is 29.7 Å². The van der Waals surface area contributed by atoms with Crippen molar-refractivity contribution >= 4 is 34.9 Å². The summed E-state index contributed by atoms with van der Waals surface area (Å²) in [7, 11) is 0. The number of morpholine rings is 1. The molecule has 2 fully saturated rings. The predicted octanol–water partition coefficient (Wildman–Crippen LogP) is 2.76. The maximum atomic E-state index is 12.5. The molecule has 2 aliphatic heterocycles. The summed E-state index contributed by atoms with van der Waals surface area (Å²) in [4.78, 5) is 40.1. The molecule has 1 aromatic rings. The minimum Gasteiger partial charge on any atom is -0.484 e. The second-order valence-electron chi connectivity index (χ2n) is 6.66. The van der Waals surface area contributed by atoms with Gasteiger partial charge in [0.15, 0.2) is 6.61 Å². The topological polar surface area (TPSA) is 76.2 Å². The summed E-state index contributed by atoms with van der Waals surface area (Å²) in [6, 6.07) is 6.98. The van der Waals surface area contributed by atoms with E-state index >= 15 is 0 Å². The van der Waals surface area contributed by atoms with Gasteiger partial charge in [0.2, 0.25) is 0 Å². The largest absolute Gasteiger partial charge is 0.484 e. The Hall–Kier alpha value is -2.32. The highest BCUT2D eigenvalue weighted by Crippen LogP contribution is 2.34. The van der Waals surface area contributed by atoms with Crippen molar-refractivity contribution in [3.05, 3.63) is 34.7 Å². The first kappa shape index (κ1) is 20.4. The molecule has 0 spiro atoms. The second-order valence-corrected chi connectivity index (χ2v) is 7.65.